The standard InChI is InChI=1S/C34H30BrF3N2O3/c1-3-15-33(16-14-23(32(42)43)18-27(33)22-10-7-11-24(17-22)34(36,37)38)40-31(41)29-20(2)30(21-8-5-4-6-9-21)39-28-13-12-25(35)19-26(28)29/h4-13,17-19,23H,3,14-16H2,1-2H3,(H,40,41)(H,42,43). The molecular weight excluding hydrogens is 621 g/mol. The lowest BCUT2D eigenvalue weighted by atomic mass is 9.71. The number of carboxylic acids is 1. The summed E-state index contributed by atoms with van der Waals surface area (Å²) in [5.74, 6) is -2.36. The molecule has 0 radical (unpaired) electrons. The molecule has 3 aromatic carbocycles. The molecule has 1 aliphatic carbocycles. The number of aromatic nitrogens is 1. The molecule has 1 heterocycles. The van der Waals surface area contributed by atoms with Crippen LogP contribution in [-0.2, 0) is 11.0 Å². The van der Waals surface area contributed by atoms with Crippen LogP contribution in [0.2, 0.25) is 0 Å². The van der Waals surface area contributed by atoms with E-state index in [0.29, 0.717) is 46.1 Å². The number of carbonyl (C=O) groups is 2. The maximum absolute atomic E-state index is 14.5. The third-order valence-electron chi connectivity index (χ3n) is 8.08. The van der Waals surface area contributed by atoms with Gasteiger partial charge >= 0.3 is 12.1 Å². The van der Waals surface area contributed by atoms with Crippen molar-refractivity contribution < 1.29 is 27.9 Å². The molecule has 5 nitrogen and oxygen atoms in total. The summed E-state index contributed by atoms with van der Waals surface area (Å²) in [6.07, 6.45) is -1.57. The number of alkyl halides is 3. The maximum atomic E-state index is 14.5. The number of aliphatic carboxylic acids is 1. The van der Waals surface area contributed by atoms with Gasteiger partial charge in [-0.05, 0) is 73.2 Å². The molecule has 0 saturated carbocycles. The topological polar surface area (TPSA) is 79.3 Å². The third kappa shape index (κ3) is 6.09. The first-order valence-corrected chi connectivity index (χ1v) is 14.8. The fourth-order valence-electron chi connectivity index (χ4n) is 6.07. The summed E-state index contributed by atoms with van der Waals surface area (Å²) in [5.41, 5.74) is 1.85. The normalized spacial score (nSPS) is 18.7. The van der Waals surface area contributed by atoms with Crippen LogP contribution in [-0.4, -0.2) is 27.5 Å². The van der Waals surface area contributed by atoms with E-state index in [1.807, 2.05) is 62.4 Å². The number of hydrogen-bond donors (Lipinski definition) is 2. The summed E-state index contributed by atoms with van der Waals surface area (Å²) in [5, 5.41) is 13.7. The van der Waals surface area contributed by atoms with Gasteiger partial charge in [-0.2, -0.15) is 13.2 Å². The van der Waals surface area contributed by atoms with E-state index in [1.165, 1.54) is 12.1 Å². The Labute approximate surface area is 256 Å². The average molecular weight is 652 g/mol. The molecule has 0 fully saturated rings. The van der Waals surface area contributed by atoms with E-state index in [4.69, 9.17) is 4.98 Å². The summed E-state index contributed by atoms with van der Waals surface area (Å²) < 4.78 is 41.9. The van der Waals surface area contributed by atoms with Crippen molar-refractivity contribution in [3.05, 3.63) is 106 Å². The fraction of sp³-hybridized carbons (Fsp3) is 0.265. The SMILES string of the molecule is CCCC1(NC(=O)c2c(C)c(-c3ccccc3)nc3ccc(Br)cc23)CCC(C(=O)O)C=C1c1cccc(C(F)(F)F)c1. The van der Waals surface area contributed by atoms with Crippen molar-refractivity contribution in [2.45, 2.75) is 51.2 Å². The first kappa shape index (κ1) is 30.5. The van der Waals surface area contributed by atoms with Gasteiger partial charge in [-0.1, -0.05) is 77.8 Å². The number of benzene rings is 3. The van der Waals surface area contributed by atoms with Gasteiger partial charge in [0, 0.05) is 15.4 Å². The zero-order valence-corrected chi connectivity index (χ0v) is 25.2. The minimum atomic E-state index is -4.58. The summed E-state index contributed by atoms with van der Waals surface area (Å²) in [7, 11) is 0. The van der Waals surface area contributed by atoms with Crippen molar-refractivity contribution in [3.63, 3.8) is 0 Å². The maximum Gasteiger partial charge on any atom is 0.416 e. The number of nitrogens with one attached hydrogen (secondary N) is 1. The van der Waals surface area contributed by atoms with Gasteiger partial charge in [-0.3, -0.25) is 9.59 Å². The van der Waals surface area contributed by atoms with Gasteiger partial charge in [0.15, 0.2) is 0 Å². The highest BCUT2D eigenvalue weighted by atomic mass is 79.9. The number of carboxylic acid groups (broad SMARTS) is 1. The lowest BCUT2D eigenvalue weighted by molar-refractivity contribution is -0.140. The predicted molar refractivity (Wildman–Crippen MR) is 165 cm³/mol. The Morgan fingerprint density at radius 3 is 2.44 bits per heavy atom. The van der Waals surface area contributed by atoms with E-state index < -0.39 is 35.1 Å². The number of nitrogens with zero attached hydrogens (tertiary/aromatic N) is 1. The molecule has 2 unspecified atom stereocenters. The van der Waals surface area contributed by atoms with E-state index >= 15 is 0 Å². The monoisotopic (exact) mass is 650 g/mol. The zero-order valence-electron chi connectivity index (χ0n) is 23.6. The molecule has 1 amide bonds. The highest BCUT2D eigenvalue weighted by Crippen LogP contribution is 2.43. The largest absolute Gasteiger partial charge is 0.481 e. The molecule has 0 aliphatic heterocycles. The molecule has 5 rings (SSSR count). The van der Waals surface area contributed by atoms with Crippen LogP contribution in [0.1, 0.15) is 59.7 Å². The molecule has 9 heteroatoms. The van der Waals surface area contributed by atoms with Crippen molar-refractivity contribution in [1.82, 2.24) is 10.3 Å². The van der Waals surface area contributed by atoms with Crippen LogP contribution in [0.25, 0.3) is 27.7 Å². The summed E-state index contributed by atoms with van der Waals surface area (Å²) in [6, 6.07) is 19.9. The fourth-order valence-corrected chi connectivity index (χ4v) is 6.43. The number of carbonyl (C=O) groups excluding carboxylic acids is 1. The second kappa shape index (κ2) is 12.0. The van der Waals surface area contributed by atoms with Gasteiger partial charge in [0.25, 0.3) is 5.91 Å². The summed E-state index contributed by atoms with van der Waals surface area (Å²) in [4.78, 5) is 31.4. The number of fused-ring (bicyclic) bond motifs is 1. The quantitative estimate of drug-likeness (QED) is 0.209. The number of pyridine rings is 1. The summed E-state index contributed by atoms with van der Waals surface area (Å²) in [6.45, 7) is 3.76. The second-order valence-electron chi connectivity index (χ2n) is 10.9. The Kier molecular flexibility index (Phi) is 8.47. The van der Waals surface area contributed by atoms with E-state index in [0.717, 1.165) is 22.2 Å². The summed E-state index contributed by atoms with van der Waals surface area (Å²) >= 11 is 3.50. The van der Waals surface area contributed by atoms with Crippen LogP contribution in [0.5, 0.6) is 0 Å². The second-order valence-corrected chi connectivity index (χ2v) is 11.8. The molecule has 1 aliphatic rings. The lowest BCUT2D eigenvalue weighted by Gasteiger charge is -2.42. The van der Waals surface area contributed by atoms with Gasteiger partial charge in [0.05, 0.1) is 33.8 Å². The van der Waals surface area contributed by atoms with E-state index in [9.17, 15) is 27.9 Å². The van der Waals surface area contributed by atoms with Crippen LogP contribution in [0, 0.1) is 12.8 Å². The molecule has 43 heavy (non-hydrogen) atoms. The van der Waals surface area contributed by atoms with Crippen LogP contribution < -0.4 is 5.32 Å². The molecule has 222 valence electrons. The molecule has 1 aromatic heterocycles. The Morgan fingerprint density at radius 1 is 1.05 bits per heavy atom. The number of halogens is 4. The highest BCUT2D eigenvalue weighted by Gasteiger charge is 2.42. The van der Waals surface area contributed by atoms with Gasteiger partial charge in [-0.25, -0.2) is 4.98 Å². The first-order chi connectivity index (χ1) is 20.4. The minimum Gasteiger partial charge on any atom is -0.481 e. The number of amides is 1. The van der Waals surface area contributed by atoms with Crippen LogP contribution >= 0.6 is 15.9 Å². The predicted octanol–water partition coefficient (Wildman–Crippen LogP) is 8.84. The zero-order chi connectivity index (χ0) is 30.9. The third-order valence-corrected chi connectivity index (χ3v) is 8.57. The Hall–Kier alpha value is -3.98. The Morgan fingerprint density at radius 2 is 1.77 bits per heavy atom. The van der Waals surface area contributed by atoms with E-state index in [-0.39, 0.29) is 18.4 Å². The molecule has 4 aromatic rings. The Balaban J connectivity index is 1.69. The van der Waals surface area contributed by atoms with Crippen LogP contribution in [0.4, 0.5) is 13.2 Å². The minimum absolute atomic E-state index is 0.231. The van der Waals surface area contributed by atoms with Crippen molar-refractivity contribution in [2.24, 2.45) is 5.92 Å². The Bertz CT molecular complexity index is 1740. The average Bonchev–Trinajstić information content (AvgIpc) is 2.97. The molecule has 0 bridgehead atoms. The molecule has 0 spiro atoms. The van der Waals surface area contributed by atoms with Crippen molar-refractivity contribution >= 4 is 44.3 Å². The van der Waals surface area contributed by atoms with Gasteiger partial charge in [0.2, 0.25) is 0 Å². The highest BCUT2D eigenvalue weighted by molar-refractivity contribution is 9.10. The smallest absolute Gasteiger partial charge is 0.416 e. The van der Waals surface area contributed by atoms with Crippen molar-refractivity contribution in [3.8, 4) is 11.3 Å². The van der Waals surface area contributed by atoms with Gasteiger partial charge in [-0.15, -0.1) is 0 Å². The first-order valence-electron chi connectivity index (χ1n) is 14.0. The molecule has 0 saturated heterocycles. The lowest BCUT2D eigenvalue weighted by Crippen LogP contribution is -2.51. The molecule has 2 atom stereocenters. The van der Waals surface area contributed by atoms with Gasteiger partial charge in [0.1, 0.15) is 0 Å². The van der Waals surface area contributed by atoms with Crippen molar-refractivity contribution in [2.75, 3.05) is 0 Å². The van der Waals surface area contributed by atoms with Crippen LogP contribution in [0.15, 0.2) is 83.3 Å². The molecule has 2 N–H and O–H groups in total. The molecular formula is C34H30BrF3N2O3. The number of hydrogen-bond acceptors (Lipinski definition) is 3. The van der Waals surface area contributed by atoms with Crippen molar-refractivity contribution in [1.29, 1.82) is 0 Å². The van der Waals surface area contributed by atoms with E-state index in [2.05, 4.69) is 21.2 Å². The van der Waals surface area contributed by atoms with E-state index in [1.54, 1.807) is 6.07 Å². The van der Waals surface area contributed by atoms with Crippen LogP contribution in [0.3, 0.4) is 0 Å². The van der Waals surface area contributed by atoms with Gasteiger partial charge < -0.3 is 10.4 Å². The number of rotatable bonds is 7.